The molecular formula is C27H25Cl2FN2O5S. The van der Waals surface area contributed by atoms with Crippen molar-refractivity contribution in [2.75, 3.05) is 6.54 Å². The van der Waals surface area contributed by atoms with Gasteiger partial charge in [-0.25, -0.2) is 17.6 Å². The Bertz CT molecular complexity index is 1410. The van der Waals surface area contributed by atoms with Crippen LogP contribution in [0.25, 0.3) is 0 Å². The smallest absolute Gasteiger partial charge is 0.326 e. The first-order valence-electron chi connectivity index (χ1n) is 11.9. The third-order valence-electron chi connectivity index (χ3n) is 6.35. The predicted molar refractivity (Wildman–Crippen MR) is 142 cm³/mol. The lowest BCUT2D eigenvalue weighted by atomic mass is 10.0. The Morgan fingerprint density at radius 1 is 0.974 bits per heavy atom. The molecule has 11 heteroatoms. The van der Waals surface area contributed by atoms with Crippen LogP contribution < -0.4 is 5.32 Å². The third kappa shape index (κ3) is 6.71. The van der Waals surface area contributed by atoms with Gasteiger partial charge in [-0.1, -0.05) is 59.6 Å². The maximum Gasteiger partial charge on any atom is 0.326 e. The molecule has 0 radical (unpaired) electrons. The van der Waals surface area contributed by atoms with Gasteiger partial charge in [-0.2, -0.15) is 4.31 Å². The van der Waals surface area contributed by atoms with Gasteiger partial charge in [0.25, 0.3) is 0 Å². The van der Waals surface area contributed by atoms with Gasteiger partial charge < -0.3 is 10.4 Å². The normalized spacial score (nSPS) is 16.8. The lowest BCUT2D eigenvalue weighted by molar-refractivity contribution is -0.142. The van der Waals surface area contributed by atoms with Crippen LogP contribution in [0.15, 0.2) is 71.6 Å². The first kappa shape index (κ1) is 28.0. The second-order valence-corrected chi connectivity index (χ2v) is 11.9. The van der Waals surface area contributed by atoms with Crippen LogP contribution in [-0.2, 0) is 32.5 Å². The molecule has 1 aliphatic heterocycles. The van der Waals surface area contributed by atoms with Crippen molar-refractivity contribution in [2.45, 2.75) is 42.7 Å². The van der Waals surface area contributed by atoms with Crippen LogP contribution in [0.1, 0.15) is 29.5 Å². The maximum absolute atomic E-state index is 13.2. The van der Waals surface area contributed by atoms with Crippen molar-refractivity contribution >= 4 is 45.1 Å². The zero-order valence-electron chi connectivity index (χ0n) is 20.1. The summed E-state index contributed by atoms with van der Waals surface area (Å²) in [6, 6.07) is 15.0. The fraction of sp³-hybridized carbons (Fsp3) is 0.259. The van der Waals surface area contributed by atoms with Gasteiger partial charge in [0.15, 0.2) is 0 Å². The van der Waals surface area contributed by atoms with E-state index in [1.807, 2.05) is 12.1 Å². The largest absolute Gasteiger partial charge is 0.480 e. The van der Waals surface area contributed by atoms with Crippen LogP contribution in [0, 0.1) is 5.82 Å². The van der Waals surface area contributed by atoms with E-state index in [4.69, 9.17) is 23.2 Å². The second-order valence-electron chi connectivity index (χ2n) is 9.10. The minimum absolute atomic E-state index is 0.0152. The van der Waals surface area contributed by atoms with E-state index < -0.39 is 34.0 Å². The molecule has 0 bridgehead atoms. The molecule has 1 saturated heterocycles. The highest BCUT2D eigenvalue weighted by molar-refractivity contribution is 7.89. The van der Waals surface area contributed by atoms with Crippen LogP contribution in [0.5, 0.6) is 0 Å². The van der Waals surface area contributed by atoms with E-state index in [0.29, 0.717) is 18.4 Å². The van der Waals surface area contributed by atoms with E-state index in [1.54, 1.807) is 24.3 Å². The van der Waals surface area contributed by atoms with Gasteiger partial charge in [0.2, 0.25) is 15.9 Å². The molecule has 3 aromatic rings. The monoisotopic (exact) mass is 578 g/mol. The third-order valence-corrected chi connectivity index (χ3v) is 8.67. The zero-order valence-corrected chi connectivity index (χ0v) is 22.4. The van der Waals surface area contributed by atoms with Gasteiger partial charge in [0.05, 0.1) is 4.90 Å². The Labute approximate surface area is 230 Å². The quantitative estimate of drug-likeness (QED) is 0.383. The molecule has 7 nitrogen and oxygen atoms in total. The fourth-order valence-electron chi connectivity index (χ4n) is 4.44. The maximum atomic E-state index is 13.2. The van der Waals surface area contributed by atoms with E-state index in [1.165, 1.54) is 30.3 Å². The number of halogens is 3. The van der Waals surface area contributed by atoms with Crippen molar-refractivity contribution in [3.63, 3.8) is 0 Å². The number of rotatable bonds is 9. The Kier molecular flexibility index (Phi) is 8.72. The summed E-state index contributed by atoms with van der Waals surface area (Å²) in [7, 11) is -4.09. The standard InChI is InChI=1S/C27H25Cl2FN2O5S/c28-20-14-21(29)16-23(15-20)38(36,37)32-11-1-2-25(32)26(33)31-24(27(34)35)13-19-5-3-17(4-6-19)12-18-7-9-22(30)10-8-18/h3-10,14-16,24-25H,1-2,11-13H2,(H,31,33)(H,34,35)/t24-,25-/m0/s1. The molecule has 4 rings (SSSR count). The molecule has 1 fully saturated rings. The number of nitrogens with zero attached hydrogens (tertiary/aromatic N) is 1. The highest BCUT2D eigenvalue weighted by Crippen LogP contribution is 2.30. The first-order valence-corrected chi connectivity index (χ1v) is 14.1. The summed E-state index contributed by atoms with van der Waals surface area (Å²) in [5.41, 5.74) is 2.58. The molecule has 1 heterocycles. The number of benzene rings is 3. The molecule has 2 N–H and O–H groups in total. The molecule has 0 spiro atoms. The summed E-state index contributed by atoms with van der Waals surface area (Å²) in [4.78, 5) is 24.9. The van der Waals surface area contributed by atoms with Crippen molar-refractivity contribution in [3.8, 4) is 0 Å². The summed E-state index contributed by atoms with van der Waals surface area (Å²) < 4.78 is 40.7. The summed E-state index contributed by atoms with van der Waals surface area (Å²) in [6.45, 7) is 0.109. The van der Waals surface area contributed by atoms with Crippen LogP contribution >= 0.6 is 23.2 Å². The van der Waals surface area contributed by atoms with Crippen LogP contribution in [0.4, 0.5) is 4.39 Å². The summed E-state index contributed by atoms with van der Waals surface area (Å²) in [5.74, 6) is -2.22. The van der Waals surface area contributed by atoms with E-state index in [0.717, 1.165) is 15.4 Å². The Morgan fingerprint density at radius 3 is 2.11 bits per heavy atom. The summed E-state index contributed by atoms with van der Waals surface area (Å²) >= 11 is 11.9. The van der Waals surface area contributed by atoms with Crippen molar-refractivity contribution < 1.29 is 27.5 Å². The number of carboxylic acids is 1. The molecule has 0 saturated carbocycles. The van der Waals surface area contributed by atoms with E-state index >= 15 is 0 Å². The average Bonchev–Trinajstić information content (AvgIpc) is 3.37. The highest BCUT2D eigenvalue weighted by atomic mass is 35.5. The minimum atomic E-state index is -4.09. The number of nitrogens with one attached hydrogen (secondary N) is 1. The topological polar surface area (TPSA) is 104 Å². The number of hydrogen-bond acceptors (Lipinski definition) is 4. The molecule has 1 amide bonds. The molecule has 3 aromatic carbocycles. The van der Waals surface area contributed by atoms with Crippen molar-refractivity contribution in [1.29, 1.82) is 0 Å². The molecule has 1 aliphatic rings. The molecule has 38 heavy (non-hydrogen) atoms. The number of carbonyl (C=O) groups is 2. The van der Waals surface area contributed by atoms with Crippen molar-refractivity contribution in [1.82, 2.24) is 9.62 Å². The molecule has 200 valence electrons. The number of carbonyl (C=O) groups excluding carboxylic acids is 1. The number of aliphatic carboxylic acids is 1. The van der Waals surface area contributed by atoms with Gasteiger partial charge >= 0.3 is 5.97 Å². The first-order chi connectivity index (χ1) is 18.0. The number of hydrogen-bond donors (Lipinski definition) is 2. The number of carboxylic acid groups (broad SMARTS) is 1. The Balaban J connectivity index is 1.44. The lowest BCUT2D eigenvalue weighted by Gasteiger charge is -2.25. The zero-order chi connectivity index (χ0) is 27.4. The van der Waals surface area contributed by atoms with Gasteiger partial charge in [0, 0.05) is 23.0 Å². The fourth-order valence-corrected chi connectivity index (χ4v) is 6.82. The minimum Gasteiger partial charge on any atom is -0.480 e. The van der Waals surface area contributed by atoms with Gasteiger partial charge in [-0.05, 0) is 66.3 Å². The predicted octanol–water partition coefficient (Wildman–Crippen LogP) is 4.69. The molecule has 0 aliphatic carbocycles. The van der Waals surface area contributed by atoms with Crippen LogP contribution in [0.2, 0.25) is 10.0 Å². The van der Waals surface area contributed by atoms with Gasteiger partial charge in [0.1, 0.15) is 17.9 Å². The average molecular weight is 579 g/mol. The summed E-state index contributed by atoms with van der Waals surface area (Å²) in [6.07, 6.45) is 1.30. The second kappa shape index (κ2) is 11.8. The molecular weight excluding hydrogens is 554 g/mol. The summed E-state index contributed by atoms with van der Waals surface area (Å²) in [5, 5.41) is 12.6. The highest BCUT2D eigenvalue weighted by Gasteiger charge is 2.40. The molecule has 2 atom stereocenters. The van der Waals surface area contributed by atoms with Crippen molar-refractivity contribution in [3.05, 3.63) is 99.3 Å². The van der Waals surface area contributed by atoms with Crippen LogP contribution in [-0.4, -0.2) is 48.3 Å². The SMILES string of the molecule is O=C(O)[C@H](Cc1ccc(Cc2ccc(F)cc2)cc1)NC(=O)[C@@H]1CCCN1S(=O)(=O)c1cc(Cl)cc(Cl)c1. The van der Waals surface area contributed by atoms with Gasteiger partial charge in [-0.15, -0.1) is 0 Å². The molecule has 0 aromatic heterocycles. The Morgan fingerprint density at radius 2 is 1.53 bits per heavy atom. The number of sulfonamides is 1. The van der Waals surface area contributed by atoms with E-state index in [-0.39, 0.29) is 40.1 Å². The number of amides is 1. The Hall–Kier alpha value is -2.98. The molecule has 0 unspecified atom stereocenters. The van der Waals surface area contributed by atoms with Crippen molar-refractivity contribution in [2.24, 2.45) is 0 Å². The van der Waals surface area contributed by atoms with E-state index in [9.17, 15) is 27.5 Å². The van der Waals surface area contributed by atoms with E-state index in [2.05, 4.69) is 5.32 Å². The lowest BCUT2D eigenvalue weighted by Crippen LogP contribution is -2.51. The van der Waals surface area contributed by atoms with Crippen LogP contribution in [0.3, 0.4) is 0 Å². The van der Waals surface area contributed by atoms with Gasteiger partial charge in [-0.3, -0.25) is 4.79 Å².